The molecule has 0 saturated carbocycles. The average molecular weight is 259 g/mol. The van der Waals surface area contributed by atoms with Gasteiger partial charge < -0.3 is 4.74 Å². The lowest BCUT2D eigenvalue weighted by atomic mass is 10.5. The van der Waals surface area contributed by atoms with E-state index in [1.54, 1.807) is 13.1 Å². The molecule has 0 unspecified atom stereocenters. The molecule has 1 fully saturated rings. The predicted octanol–water partition coefficient (Wildman–Crippen LogP) is 0.208. The number of aromatic nitrogens is 2. The molecule has 1 aromatic rings. The Labute approximate surface area is 104 Å². The second-order valence-electron chi connectivity index (χ2n) is 3.89. The van der Waals surface area contributed by atoms with E-state index in [-0.39, 0.29) is 12.5 Å². The zero-order valence-corrected chi connectivity index (χ0v) is 10.4. The predicted molar refractivity (Wildman–Crippen MR) is 62.5 cm³/mol. The highest BCUT2D eigenvalue weighted by Gasteiger charge is 2.13. The molecule has 94 valence electrons. The SMILES string of the molecule is Cc1nn(CC(=O)NN2CCOCC2)cc1Cl. The quantitative estimate of drug-likeness (QED) is 0.842. The van der Waals surface area contributed by atoms with Gasteiger partial charge in [-0.2, -0.15) is 5.10 Å². The van der Waals surface area contributed by atoms with E-state index in [9.17, 15) is 4.79 Å². The lowest BCUT2D eigenvalue weighted by Crippen LogP contribution is -2.49. The summed E-state index contributed by atoms with van der Waals surface area (Å²) in [6, 6.07) is 0. The first-order valence-corrected chi connectivity index (χ1v) is 5.84. The Balaban J connectivity index is 1.84. The minimum Gasteiger partial charge on any atom is -0.379 e. The zero-order chi connectivity index (χ0) is 12.3. The summed E-state index contributed by atoms with van der Waals surface area (Å²) in [5.74, 6) is -0.105. The molecule has 0 atom stereocenters. The fourth-order valence-corrected chi connectivity index (χ4v) is 1.76. The van der Waals surface area contributed by atoms with Gasteiger partial charge in [-0.05, 0) is 6.92 Å². The minimum absolute atomic E-state index is 0.105. The second-order valence-corrected chi connectivity index (χ2v) is 4.30. The number of hydrazine groups is 1. The van der Waals surface area contributed by atoms with Crippen LogP contribution in [0.15, 0.2) is 6.20 Å². The second kappa shape index (κ2) is 5.48. The number of aryl methyl sites for hydroxylation is 1. The lowest BCUT2D eigenvalue weighted by molar-refractivity contribution is -0.128. The molecule has 1 N–H and O–H groups in total. The van der Waals surface area contributed by atoms with E-state index >= 15 is 0 Å². The zero-order valence-electron chi connectivity index (χ0n) is 9.65. The van der Waals surface area contributed by atoms with Gasteiger partial charge in [0, 0.05) is 19.3 Å². The largest absolute Gasteiger partial charge is 0.379 e. The van der Waals surface area contributed by atoms with E-state index in [1.807, 2.05) is 5.01 Å². The first-order chi connectivity index (χ1) is 8.15. The number of carbonyl (C=O) groups excluding carboxylic acids is 1. The Morgan fingerprint density at radius 2 is 2.29 bits per heavy atom. The van der Waals surface area contributed by atoms with Crippen molar-refractivity contribution in [1.82, 2.24) is 20.2 Å². The number of hydrogen-bond donors (Lipinski definition) is 1. The molecule has 6 nitrogen and oxygen atoms in total. The van der Waals surface area contributed by atoms with Crippen LogP contribution in [-0.2, 0) is 16.1 Å². The number of nitrogens with zero attached hydrogens (tertiary/aromatic N) is 3. The van der Waals surface area contributed by atoms with Crippen LogP contribution in [0.5, 0.6) is 0 Å². The average Bonchev–Trinajstić information content (AvgIpc) is 2.59. The van der Waals surface area contributed by atoms with Crippen molar-refractivity contribution in [1.29, 1.82) is 0 Å². The molecule has 1 aliphatic heterocycles. The van der Waals surface area contributed by atoms with E-state index in [0.29, 0.717) is 31.3 Å². The molecular formula is C10H15ClN4O2. The van der Waals surface area contributed by atoms with Crippen molar-refractivity contribution in [3.63, 3.8) is 0 Å². The summed E-state index contributed by atoms with van der Waals surface area (Å²) in [6.07, 6.45) is 1.65. The summed E-state index contributed by atoms with van der Waals surface area (Å²) in [6.45, 7) is 4.69. The van der Waals surface area contributed by atoms with Crippen LogP contribution in [0, 0.1) is 6.92 Å². The van der Waals surface area contributed by atoms with Crippen LogP contribution in [-0.4, -0.2) is 47.0 Å². The van der Waals surface area contributed by atoms with Gasteiger partial charge in [0.25, 0.3) is 5.91 Å². The van der Waals surface area contributed by atoms with Crippen LogP contribution in [0.3, 0.4) is 0 Å². The number of carbonyl (C=O) groups is 1. The number of ether oxygens (including phenoxy) is 1. The Morgan fingerprint density at radius 3 is 2.88 bits per heavy atom. The van der Waals surface area contributed by atoms with Crippen molar-refractivity contribution in [2.75, 3.05) is 26.3 Å². The van der Waals surface area contributed by atoms with Crippen molar-refractivity contribution >= 4 is 17.5 Å². The molecule has 0 spiro atoms. The number of morpholine rings is 1. The van der Waals surface area contributed by atoms with Crippen molar-refractivity contribution < 1.29 is 9.53 Å². The van der Waals surface area contributed by atoms with Gasteiger partial charge in [0.15, 0.2) is 0 Å². The highest BCUT2D eigenvalue weighted by atomic mass is 35.5. The third-order valence-electron chi connectivity index (χ3n) is 2.49. The molecule has 0 bridgehead atoms. The highest BCUT2D eigenvalue weighted by Crippen LogP contribution is 2.11. The number of halogens is 1. The van der Waals surface area contributed by atoms with Crippen LogP contribution in [0.2, 0.25) is 5.02 Å². The van der Waals surface area contributed by atoms with Gasteiger partial charge in [0.05, 0.1) is 23.9 Å². The third-order valence-corrected chi connectivity index (χ3v) is 2.86. The Hall–Kier alpha value is -1.11. The van der Waals surface area contributed by atoms with Gasteiger partial charge in [-0.1, -0.05) is 11.6 Å². The van der Waals surface area contributed by atoms with Crippen molar-refractivity contribution in [2.24, 2.45) is 0 Å². The maximum absolute atomic E-state index is 11.7. The molecule has 1 amide bonds. The van der Waals surface area contributed by atoms with Gasteiger partial charge in [-0.3, -0.25) is 14.9 Å². The van der Waals surface area contributed by atoms with Crippen LogP contribution in [0.25, 0.3) is 0 Å². The minimum atomic E-state index is -0.105. The van der Waals surface area contributed by atoms with Gasteiger partial charge in [-0.15, -0.1) is 0 Å². The number of amides is 1. The summed E-state index contributed by atoms with van der Waals surface area (Å²) in [7, 11) is 0. The molecule has 1 saturated heterocycles. The molecule has 1 aliphatic rings. The summed E-state index contributed by atoms with van der Waals surface area (Å²) in [5.41, 5.74) is 3.53. The maximum atomic E-state index is 11.7. The Bertz CT molecular complexity index is 382. The van der Waals surface area contributed by atoms with E-state index in [0.717, 1.165) is 5.69 Å². The van der Waals surface area contributed by atoms with Crippen molar-refractivity contribution in [3.8, 4) is 0 Å². The van der Waals surface area contributed by atoms with Crippen LogP contribution >= 0.6 is 11.6 Å². The topological polar surface area (TPSA) is 59.4 Å². The molecular weight excluding hydrogens is 244 g/mol. The number of nitrogens with one attached hydrogen (secondary N) is 1. The first-order valence-electron chi connectivity index (χ1n) is 5.47. The summed E-state index contributed by atoms with van der Waals surface area (Å²) in [4.78, 5) is 11.7. The van der Waals surface area contributed by atoms with Crippen molar-refractivity contribution in [2.45, 2.75) is 13.5 Å². The molecule has 7 heteroatoms. The van der Waals surface area contributed by atoms with Crippen LogP contribution < -0.4 is 5.43 Å². The Kier molecular flexibility index (Phi) is 3.98. The van der Waals surface area contributed by atoms with Crippen LogP contribution in [0.4, 0.5) is 0 Å². The lowest BCUT2D eigenvalue weighted by Gasteiger charge is -2.26. The van der Waals surface area contributed by atoms with E-state index in [4.69, 9.17) is 16.3 Å². The normalized spacial score (nSPS) is 17.1. The molecule has 0 aliphatic carbocycles. The molecule has 2 heterocycles. The summed E-state index contributed by atoms with van der Waals surface area (Å²) in [5, 5.41) is 6.55. The number of rotatable bonds is 3. The van der Waals surface area contributed by atoms with Crippen molar-refractivity contribution in [3.05, 3.63) is 16.9 Å². The van der Waals surface area contributed by atoms with Crippen LogP contribution in [0.1, 0.15) is 5.69 Å². The molecule has 0 radical (unpaired) electrons. The highest BCUT2D eigenvalue weighted by molar-refractivity contribution is 6.31. The summed E-state index contributed by atoms with van der Waals surface area (Å²) >= 11 is 5.86. The molecule has 1 aromatic heterocycles. The smallest absolute Gasteiger partial charge is 0.255 e. The van der Waals surface area contributed by atoms with E-state index in [1.165, 1.54) is 4.68 Å². The number of hydrogen-bond acceptors (Lipinski definition) is 4. The van der Waals surface area contributed by atoms with Gasteiger partial charge >= 0.3 is 0 Å². The standard InChI is InChI=1S/C10H15ClN4O2/c1-8-9(11)6-15(12-8)7-10(16)13-14-2-4-17-5-3-14/h6H,2-5,7H2,1H3,(H,13,16). The molecule has 17 heavy (non-hydrogen) atoms. The fourth-order valence-electron chi connectivity index (χ4n) is 1.61. The molecule has 0 aromatic carbocycles. The summed E-state index contributed by atoms with van der Waals surface area (Å²) < 4.78 is 6.73. The van der Waals surface area contributed by atoms with E-state index < -0.39 is 0 Å². The Morgan fingerprint density at radius 1 is 1.59 bits per heavy atom. The maximum Gasteiger partial charge on any atom is 0.255 e. The van der Waals surface area contributed by atoms with Gasteiger partial charge in [0.1, 0.15) is 6.54 Å². The van der Waals surface area contributed by atoms with Gasteiger partial charge in [0.2, 0.25) is 0 Å². The third kappa shape index (κ3) is 3.42. The molecule has 2 rings (SSSR count). The fraction of sp³-hybridized carbons (Fsp3) is 0.600. The van der Waals surface area contributed by atoms with E-state index in [2.05, 4.69) is 10.5 Å². The monoisotopic (exact) mass is 258 g/mol. The van der Waals surface area contributed by atoms with Gasteiger partial charge in [-0.25, -0.2) is 5.01 Å². The first kappa shape index (κ1) is 12.3.